The van der Waals surface area contributed by atoms with E-state index in [1.807, 2.05) is 19.1 Å². The van der Waals surface area contributed by atoms with Gasteiger partial charge in [0.05, 0.1) is 6.61 Å². The topological polar surface area (TPSA) is 9.23 Å². The van der Waals surface area contributed by atoms with E-state index in [-0.39, 0.29) is 0 Å². The van der Waals surface area contributed by atoms with E-state index in [4.69, 9.17) is 15.8 Å². The number of hydrogen-bond donors (Lipinski definition) is 0. The van der Waals surface area contributed by atoms with Crippen molar-refractivity contribution in [3.63, 3.8) is 0 Å². The lowest BCUT2D eigenvalue weighted by molar-refractivity contribution is 0.157. The number of rotatable bonds is 8. The summed E-state index contributed by atoms with van der Waals surface area (Å²) in [7, 11) is -2.21. The fourth-order valence-electron chi connectivity index (χ4n) is 2.52. The Balaban J connectivity index is 2.11. The number of benzene rings is 2. The largest absolute Gasteiger partial charge is 0.377 e. The Hall–Kier alpha value is -1.35. The molecule has 116 valence electrons. The molecule has 0 saturated carbocycles. The lowest BCUT2D eigenvalue weighted by Crippen LogP contribution is -2.53. The third-order valence-electron chi connectivity index (χ3n) is 3.62. The van der Waals surface area contributed by atoms with Gasteiger partial charge in [-0.15, -0.1) is 0 Å². The van der Waals surface area contributed by atoms with Gasteiger partial charge in [-0.1, -0.05) is 72.8 Å². The van der Waals surface area contributed by atoms with Gasteiger partial charge >= 0.3 is 0 Å². The summed E-state index contributed by atoms with van der Waals surface area (Å²) < 4.78 is 5.63. The Morgan fingerprint density at radius 1 is 1.00 bits per heavy atom. The summed E-state index contributed by atoms with van der Waals surface area (Å²) >= 11 is 7.20. The van der Waals surface area contributed by atoms with Crippen LogP contribution in [-0.2, 0) is 4.74 Å². The molecule has 0 bridgehead atoms. The molecule has 0 spiro atoms. The van der Waals surface area contributed by atoms with Crippen LogP contribution in [0.4, 0.5) is 0 Å². The average molecular weight is 331 g/mol. The molecule has 0 saturated heterocycles. The van der Waals surface area contributed by atoms with E-state index in [0.717, 1.165) is 24.6 Å². The quantitative estimate of drug-likeness (QED) is 0.308. The first kappa shape index (κ1) is 17.0. The van der Waals surface area contributed by atoms with Gasteiger partial charge in [-0.3, -0.25) is 0 Å². The first-order valence-corrected chi connectivity index (χ1v) is 10.9. The van der Waals surface area contributed by atoms with E-state index in [0.29, 0.717) is 6.61 Å². The number of halogens is 1. The fourth-order valence-corrected chi connectivity index (χ4v) is 6.66. The molecule has 0 aliphatic heterocycles. The molecule has 1 nitrogen and oxygen atoms in total. The maximum Gasteiger partial charge on any atom is 0.217 e. The summed E-state index contributed by atoms with van der Waals surface area (Å²) in [5.74, 6) is 0. The van der Waals surface area contributed by atoms with Gasteiger partial charge < -0.3 is 4.74 Å². The average Bonchev–Trinajstić information content (AvgIpc) is 2.55. The maximum atomic E-state index is 7.20. The van der Waals surface area contributed by atoms with Crippen LogP contribution in [0.15, 0.2) is 72.8 Å². The summed E-state index contributed by atoms with van der Waals surface area (Å²) in [5.41, 5.74) is 1.06. The van der Waals surface area contributed by atoms with E-state index in [1.165, 1.54) is 10.4 Å². The van der Waals surface area contributed by atoms with Crippen LogP contribution in [0, 0.1) is 0 Å². The van der Waals surface area contributed by atoms with Crippen LogP contribution in [0.3, 0.4) is 0 Å². The smallest absolute Gasteiger partial charge is 0.217 e. The minimum absolute atomic E-state index is 0.632. The molecule has 0 radical (unpaired) electrons. The third-order valence-corrected chi connectivity index (χ3v) is 9.04. The van der Waals surface area contributed by atoms with E-state index in [9.17, 15) is 0 Å². The van der Waals surface area contributed by atoms with Crippen LogP contribution in [-0.4, -0.2) is 20.6 Å². The first-order chi connectivity index (χ1) is 10.6. The molecule has 0 amide bonds. The Morgan fingerprint density at radius 3 is 1.95 bits per heavy atom. The first-order valence-electron chi connectivity index (χ1n) is 7.65. The molecule has 22 heavy (non-hydrogen) atoms. The van der Waals surface area contributed by atoms with Gasteiger partial charge in [-0.25, -0.2) is 0 Å². The SMILES string of the molecule is C=C(C)COCCC[Si](Cl)(c1ccccc1)c1ccccc1. The van der Waals surface area contributed by atoms with Gasteiger partial charge in [-0.2, -0.15) is 11.1 Å². The summed E-state index contributed by atoms with van der Waals surface area (Å²) in [6.07, 6.45) is 0.965. The zero-order valence-corrected chi connectivity index (χ0v) is 14.9. The highest BCUT2D eigenvalue weighted by molar-refractivity contribution is 7.34. The second kappa shape index (κ2) is 8.32. The molecule has 0 heterocycles. The number of ether oxygens (including phenoxy) is 1. The zero-order chi connectivity index (χ0) is 15.8. The van der Waals surface area contributed by atoms with Gasteiger partial charge in [0.25, 0.3) is 0 Å². The summed E-state index contributed by atoms with van der Waals surface area (Å²) in [6.45, 7) is 7.20. The minimum atomic E-state index is -2.21. The van der Waals surface area contributed by atoms with Crippen molar-refractivity contribution in [3.05, 3.63) is 72.8 Å². The lowest BCUT2D eigenvalue weighted by atomic mass is 10.4. The van der Waals surface area contributed by atoms with Gasteiger partial charge in [0.15, 0.2) is 0 Å². The van der Waals surface area contributed by atoms with Crippen LogP contribution in [0.2, 0.25) is 6.04 Å². The van der Waals surface area contributed by atoms with Crippen molar-refractivity contribution in [2.24, 2.45) is 0 Å². The second-order valence-corrected chi connectivity index (χ2v) is 10.8. The van der Waals surface area contributed by atoms with Crippen molar-refractivity contribution in [1.82, 2.24) is 0 Å². The molecule has 0 fully saturated rings. The van der Waals surface area contributed by atoms with Crippen LogP contribution in [0.25, 0.3) is 0 Å². The molecule has 2 aromatic carbocycles. The molecule has 0 unspecified atom stereocenters. The van der Waals surface area contributed by atoms with Gasteiger partial charge in [0.2, 0.25) is 7.38 Å². The monoisotopic (exact) mass is 330 g/mol. The van der Waals surface area contributed by atoms with E-state index >= 15 is 0 Å². The van der Waals surface area contributed by atoms with Crippen LogP contribution < -0.4 is 10.4 Å². The predicted molar refractivity (Wildman–Crippen MR) is 98.8 cm³/mol. The summed E-state index contributed by atoms with van der Waals surface area (Å²) in [6, 6.07) is 21.9. The molecular weight excluding hydrogens is 308 g/mol. The molecule has 3 heteroatoms. The van der Waals surface area contributed by atoms with Crippen molar-refractivity contribution in [2.45, 2.75) is 19.4 Å². The minimum Gasteiger partial charge on any atom is -0.377 e. The zero-order valence-electron chi connectivity index (χ0n) is 13.1. The van der Waals surface area contributed by atoms with Crippen LogP contribution >= 0.6 is 11.1 Å². The number of hydrogen-bond acceptors (Lipinski definition) is 1. The highest BCUT2D eigenvalue weighted by Crippen LogP contribution is 2.18. The summed E-state index contributed by atoms with van der Waals surface area (Å²) in [4.78, 5) is 0. The van der Waals surface area contributed by atoms with E-state index in [2.05, 4.69) is 55.1 Å². The van der Waals surface area contributed by atoms with Crippen LogP contribution in [0.1, 0.15) is 13.3 Å². The Bertz CT molecular complexity index is 543. The maximum absolute atomic E-state index is 7.20. The van der Waals surface area contributed by atoms with E-state index in [1.54, 1.807) is 0 Å². The second-order valence-electron chi connectivity index (χ2n) is 5.65. The molecule has 0 aliphatic rings. The van der Waals surface area contributed by atoms with Crippen molar-refractivity contribution in [2.75, 3.05) is 13.2 Å². The van der Waals surface area contributed by atoms with Gasteiger partial charge in [0, 0.05) is 6.61 Å². The molecule has 0 atom stereocenters. The normalized spacial score (nSPS) is 11.4. The molecule has 2 rings (SSSR count). The molecule has 2 aromatic rings. The van der Waals surface area contributed by atoms with Gasteiger partial charge in [0.1, 0.15) is 0 Å². The van der Waals surface area contributed by atoms with Gasteiger partial charge in [-0.05, 0) is 29.8 Å². The van der Waals surface area contributed by atoms with Crippen LogP contribution in [0.5, 0.6) is 0 Å². The predicted octanol–water partition coefficient (Wildman–Crippen LogP) is 3.97. The molecule has 0 aliphatic carbocycles. The van der Waals surface area contributed by atoms with Crippen molar-refractivity contribution in [3.8, 4) is 0 Å². The van der Waals surface area contributed by atoms with E-state index < -0.39 is 7.38 Å². The highest BCUT2D eigenvalue weighted by atomic mass is 35.6. The standard InChI is InChI=1S/C19H23ClOSi/c1-17(2)16-21-14-9-15-22(20,18-10-5-3-6-11-18)19-12-7-4-8-13-19/h3-8,10-13H,1,9,14-16H2,2H3. The molecule has 0 aromatic heterocycles. The van der Waals surface area contributed by atoms with Crippen molar-refractivity contribution < 1.29 is 4.74 Å². The molecular formula is C19H23ClOSi. The Morgan fingerprint density at radius 2 is 1.50 bits per heavy atom. The lowest BCUT2D eigenvalue weighted by Gasteiger charge is -2.25. The molecule has 0 N–H and O–H groups in total. The van der Waals surface area contributed by atoms with Crippen molar-refractivity contribution >= 4 is 28.8 Å². The third kappa shape index (κ3) is 4.57. The Kier molecular flexibility index (Phi) is 6.44. The fraction of sp³-hybridized carbons (Fsp3) is 0.263. The highest BCUT2D eigenvalue weighted by Gasteiger charge is 2.34. The Labute approximate surface area is 139 Å². The van der Waals surface area contributed by atoms with Crippen molar-refractivity contribution in [1.29, 1.82) is 0 Å². The summed E-state index contributed by atoms with van der Waals surface area (Å²) in [5, 5.41) is 2.53.